The lowest BCUT2D eigenvalue weighted by Crippen LogP contribution is -2.19. The van der Waals surface area contributed by atoms with Crippen molar-refractivity contribution in [3.05, 3.63) is 34.6 Å². The molecule has 110 valence electrons. The lowest BCUT2D eigenvalue weighted by molar-refractivity contribution is 0.183. The van der Waals surface area contributed by atoms with Crippen LogP contribution in [-0.2, 0) is 17.9 Å². The third-order valence-electron chi connectivity index (χ3n) is 3.62. The molecular formula is C17H25NO2. The molecule has 2 aromatic rings. The van der Waals surface area contributed by atoms with Gasteiger partial charge in [-0.2, -0.15) is 0 Å². The quantitative estimate of drug-likeness (QED) is 0.867. The van der Waals surface area contributed by atoms with Crippen LogP contribution in [0.3, 0.4) is 0 Å². The molecule has 1 aromatic carbocycles. The summed E-state index contributed by atoms with van der Waals surface area (Å²) in [5, 5.41) is 4.62. The van der Waals surface area contributed by atoms with Gasteiger partial charge in [0.25, 0.3) is 0 Å². The predicted molar refractivity (Wildman–Crippen MR) is 82.9 cm³/mol. The SMILES string of the molecule is COCc1c(CNCC(C)C)oc2cc(C)c(C)cc12. The average Bonchev–Trinajstić information content (AvgIpc) is 2.68. The summed E-state index contributed by atoms with van der Waals surface area (Å²) in [6, 6.07) is 4.32. The van der Waals surface area contributed by atoms with Crippen LogP contribution in [0.4, 0.5) is 0 Å². The van der Waals surface area contributed by atoms with E-state index in [1.54, 1.807) is 7.11 Å². The van der Waals surface area contributed by atoms with Crippen molar-refractivity contribution < 1.29 is 9.15 Å². The van der Waals surface area contributed by atoms with Crippen molar-refractivity contribution >= 4 is 11.0 Å². The van der Waals surface area contributed by atoms with Gasteiger partial charge in [0, 0.05) is 18.1 Å². The van der Waals surface area contributed by atoms with Gasteiger partial charge in [0.05, 0.1) is 13.2 Å². The van der Waals surface area contributed by atoms with Crippen molar-refractivity contribution in [1.29, 1.82) is 0 Å². The van der Waals surface area contributed by atoms with Crippen LogP contribution in [0, 0.1) is 19.8 Å². The number of fused-ring (bicyclic) bond motifs is 1. The number of aryl methyl sites for hydroxylation is 2. The van der Waals surface area contributed by atoms with E-state index in [2.05, 4.69) is 45.1 Å². The van der Waals surface area contributed by atoms with Crippen LogP contribution in [0.5, 0.6) is 0 Å². The van der Waals surface area contributed by atoms with Gasteiger partial charge < -0.3 is 14.5 Å². The molecule has 2 rings (SSSR count). The predicted octanol–water partition coefficient (Wildman–Crippen LogP) is 3.94. The summed E-state index contributed by atoms with van der Waals surface area (Å²) in [6.07, 6.45) is 0. The van der Waals surface area contributed by atoms with E-state index in [9.17, 15) is 0 Å². The van der Waals surface area contributed by atoms with Gasteiger partial charge in [-0.05, 0) is 49.6 Å². The maximum atomic E-state index is 6.03. The molecule has 0 fully saturated rings. The van der Waals surface area contributed by atoms with E-state index >= 15 is 0 Å². The van der Waals surface area contributed by atoms with E-state index in [0.717, 1.165) is 24.4 Å². The van der Waals surface area contributed by atoms with E-state index < -0.39 is 0 Å². The Kier molecular flexibility index (Phi) is 4.84. The van der Waals surface area contributed by atoms with Crippen molar-refractivity contribution in [1.82, 2.24) is 5.32 Å². The minimum Gasteiger partial charge on any atom is -0.459 e. The molecule has 0 amide bonds. The molecule has 0 saturated heterocycles. The molecule has 0 unspecified atom stereocenters. The van der Waals surface area contributed by atoms with Crippen LogP contribution in [0.2, 0.25) is 0 Å². The Balaban J connectivity index is 2.34. The number of benzene rings is 1. The standard InChI is InChI=1S/C17H25NO2/c1-11(2)8-18-9-17-15(10-19-5)14-6-12(3)13(4)7-16(14)20-17/h6-7,11,18H,8-10H2,1-5H3. The molecule has 0 aliphatic carbocycles. The topological polar surface area (TPSA) is 34.4 Å². The molecule has 1 aromatic heterocycles. The van der Waals surface area contributed by atoms with Gasteiger partial charge in [-0.15, -0.1) is 0 Å². The number of ether oxygens (including phenoxy) is 1. The lowest BCUT2D eigenvalue weighted by atomic mass is 10.0. The fourth-order valence-electron chi connectivity index (χ4n) is 2.37. The molecule has 0 atom stereocenters. The molecule has 0 aliphatic heterocycles. The van der Waals surface area contributed by atoms with Crippen molar-refractivity contribution in [2.45, 2.75) is 40.8 Å². The number of hydrogen-bond donors (Lipinski definition) is 1. The Morgan fingerprint density at radius 3 is 2.55 bits per heavy atom. The molecular weight excluding hydrogens is 250 g/mol. The number of nitrogens with one attached hydrogen (secondary N) is 1. The number of methoxy groups -OCH3 is 1. The monoisotopic (exact) mass is 275 g/mol. The molecule has 3 nitrogen and oxygen atoms in total. The van der Waals surface area contributed by atoms with Gasteiger partial charge in [0.2, 0.25) is 0 Å². The second-order valence-corrected chi connectivity index (χ2v) is 5.89. The molecule has 20 heavy (non-hydrogen) atoms. The molecule has 0 saturated carbocycles. The highest BCUT2D eigenvalue weighted by Gasteiger charge is 2.15. The van der Waals surface area contributed by atoms with Crippen LogP contribution in [0.15, 0.2) is 16.5 Å². The normalized spacial score (nSPS) is 11.7. The highest BCUT2D eigenvalue weighted by atomic mass is 16.5. The van der Waals surface area contributed by atoms with E-state index in [4.69, 9.17) is 9.15 Å². The first kappa shape index (κ1) is 15.1. The minimum absolute atomic E-state index is 0.591. The Labute approximate surface area is 121 Å². The van der Waals surface area contributed by atoms with Crippen LogP contribution < -0.4 is 5.32 Å². The van der Waals surface area contributed by atoms with Crippen molar-refractivity contribution in [2.75, 3.05) is 13.7 Å². The zero-order valence-electron chi connectivity index (χ0n) is 13.2. The number of rotatable bonds is 6. The Bertz CT molecular complexity index is 584. The average molecular weight is 275 g/mol. The highest BCUT2D eigenvalue weighted by molar-refractivity contribution is 5.83. The number of hydrogen-bond acceptors (Lipinski definition) is 3. The van der Waals surface area contributed by atoms with Gasteiger partial charge in [-0.25, -0.2) is 0 Å². The van der Waals surface area contributed by atoms with E-state index in [1.807, 2.05) is 0 Å². The van der Waals surface area contributed by atoms with Crippen molar-refractivity contribution in [3.8, 4) is 0 Å². The highest BCUT2D eigenvalue weighted by Crippen LogP contribution is 2.29. The van der Waals surface area contributed by atoms with Crippen LogP contribution >= 0.6 is 0 Å². The van der Waals surface area contributed by atoms with Crippen LogP contribution in [-0.4, -0.2) is 13.7 Å². The molecule has 0 radical (unpaired) electrons. The van der Waals surface area contributed by atoms with Gasteiger partial charge in [0.15, 0.2) is 0 Å². The summed E-state index contributed by atoms with van der Waals surface area (Å²) in [5.41, 5.74) is 4.68. The Morgan fingerprint density at radius 2 is 1.90 bits per heavy atom. The third kappa shape index (κ3) is 3.22. The van der Waals surface area contributed by atoms with Gasteiger partial charge in [-0.3, -0.25) is 0 Å². The summed E-state index contributed by atoms with van der Waals surface area (Å²) >= 11 is 0. The van der Waals surface area contributed by atoms with Gasteiger partial charge in [0.1, 0.15) is 11.3 Å². The minimum atomic E-state index is 0.591. The number of furan rings is 1. The summed E-state index contributed by atoms with van der Waals surface area (Å²) < 4.78 is 11.4. The zero-order valence-corrected chi connectivity index (χ0v) is 13.2. The van der Waals surface area contributed by atoms with E-state index in [0.29, 0.717) is 12.5 Å². The Hall–Kier alpha value is -1.32. The first-order valence-corrected chi connectivity index (χ1v) is 7.24. The maximum absolute atomic E-state index is 6.03. The second kappa shape index (κ2) is 6.42. The first-order valence-electron chi connectivity index (χ1n) is 7.24. The van der Waals surface area contributed by atoms with Crippen molar-refractivity contribution in [2.24, 2.45) is 5.92 Å². The van der Waals surface area contributed by atoms with E-state index in [-0.39, 0.29) is 0 Å². The van der Waals surface area contributed by atoms with Crippen molar-refractivity contribution in [3.63, 3.8) is 0 Å². The van der Waals surface area contributed by atoms with E-state index in [1.165, 1.54) is 22.1 Å². The molecule has 3 heteroatoms. The van der Waals surface area contributed by atoms with Gasteiger partial charge >= 0.3 is 0 Å². The summed E-state index contributed by atoms with van der Waals surface area (Å²) in [5.74, 6) is 1.63. The zero-order chi connectivity index (χ0) is 14.7. The summed E-state index contributed by atoms with van der Waals surface area (Å²) in [4.78, 5) is 0. The third-order valence-corrected chi connectivity index (χ3v) is 3.62. The molecule has 0 aliphatic rings. The summed E-state index contributed by atoms with van der Waals surface area (Å²) in [7, 11) is 1.73. The van der Waals surface area contributed by atoms with Gasteiger partial charge in [-0.1, -0.05) is 13.8 Å². The second-order valence-electron chi connectivity index (χ2n) is 5.89. The Morgan fingerprint density at radius 1 is 1.20 bits per heavy atom. The molecule has 0 bridgehead atoms. The fraction of sp³-hybridized carbons (Fsp3) is 0.529. The largest absolute Gasteiger partial charge is 0.459 e. The van der Waals surface area contributed by atoms with Crippen LogP contribution in [0.1, 0.15) is 36.3 Å². The maximum Gasteiger partial charge on any atom is 0.135 e. The molecule has 1 heterocycles. The molecule has 1 N–H and O–H groups in total. The van der Waals surface area contributed by atoms with Crippen LogP contribution in [0.25, 0.3) is 11.0 Å². The smallest absolute Gasteiger partial charge is 0.135 e. The summed E-state index contributed by atoms with van der Waals surface area (Å²) in [6.45, 7) is 11.0. The fourth-order valence-corrected chi connectivity index (χ4v) is 2.37. The first-order chi connectivity index (χ1) is 9.52. The lowest BCUT2D eigenvalue weighted by Gasteiger charge is -2.07. The molecule has 0 spiro atoms.